The molecule has 1 fully saturated rings. The summed E-state index contributed by atoms with van der Waals surface area (Å²) < 4.78 is 13.0. The zero-order valence-corrected chi connectivity index (χ0v) is 11.0. The Morgan fingerprint density at radius 3 is 3.05 bits per heavy atom. The van der Waals surface area contributed by atoms with Gasteiger partial charge >= 0.3 is 0 Å². The Morgan fingerprint density at radius 2 is 2.32 bits per heavy atom. The van der Waals surface area contributed by atoms with Crippen molar-refractivity contribution < 1.29 is 14.3 Å². The summed E-state index contributed by atoms with van der Waals surface area (Å²) in [5.41, 5.74) is 0.440. The zero-order chi connectivity index (χ0) is 13.7. The second-order valence-corrected chi connectivity index (χ2v) is 5.17. The van der Waals surface area contributed by atoms with E-state index >= 15 is 0 Å². The van der Waals surface area contributed by atoms with Gasteiger partial charge in [0.15, 0.2) is 5.78 Å². The van der Waals surface area contributed by atoms with Gasteiger partial charge in [-0.3, -0.25) is 4.79 Å². The Bertz CT molecular complexity index is 436. The van der Waals surface area contributed by atoms with E-state index in [1.807, 2.05) is 0 Å². The van der Waals surface area contributed by atoms with Crippen molar-refractivity contribution in [2.45, 2.75) is 19.3 Å². The maximum atomic E-state index is 13.0. The quantitative estimate of drug-likeness (QED) is 0.829. The van der Waals surface area contributed by atoms with E-state index in [0.29, 0.717) is 24.4 Å². The highest BCUT2D eigenvalue weighted by molar-refractivity contribution is 5.96. The minimum absolute atomic E-state index is 0.0226. The lowest BCUT2D eigenvalue weighted by molar-refractivity contribution is 0.0916. The van der Waals surface area contributed by atoms with Crippen LogP contribution in [0.1, 0.15) is 29.6 Å². The van der Waals surface area contributed by atoms with Crippen molar-refractivity contribution >= 4 is 5.78 Å². The van der Waals surface area contributed by atoms with E-state index in [9.17, 15) is 9.18 Å². The van der Waals surface area contributed by atoms with Crippen LogP contribution in [-0.4, -0.2) is 42.0 Å². The number of aliphatic hydroxyl groups is 1. The lowest BCUT2D eigenvalue weighted by Crippen LogP contribution is -2.37. The van der Waals surface area contributed by atoms with Gasteiger partial charge in [-0.25, -0.2) is 4.39 Å². The topological polar surface area (TPSA) is 40.5 Å². The molecule has 0 aromatic heterocycles. The first kappa shape index (κ1) is 14.2. The van der Waals surface area contributed by atoms with E-state index in [1.165, 1.54) is 12.1 Å². The fourth-order valence-corrected chi connectivity index (χ4v) is 2.57. The van der Waals surface area contributed by atoms with Crippen molar-refractivity contribution in [1.29, 1.82) is 0 Å². The summed E-state index contributed by atoms with van der Waals surface area (Å²) in [6.45, 7) is 2.74. The molecule has 0 bridgehead atoms. The van der Waals surface area contributed by atoms with Crippen LogP contribution in [-0.2, 0) is 0 Å². The number of aliphatic hydroxyl groups excluding tert-OH is 1. The van der Waals surface area contributed by atoms with Crippen LogP contribution in [0.25, 0.3) is 0 Å². The van der Waals surface area contributed by atoms with E-state index in [4.69, 9.17) is 5.11 Å². The highest BCUT2D eigenvalue weighted by Gasteiger charge is 2.19. The normalized spacial score (nSPS) is 20.4. The molecule has 0 saturated carbocycles. The summed E-state index contributed by atoms with van der Waals surface area (Å²) in [6, 6.07) is 5.84. The van der Waals surface area contributed by atoms with Gasteiger partial charge in [0.2, 0.25) is 0 Å². The van der Waals surface area contributed by atoms with Gasteiger partial charge in [-0.2, -0.15) is 0 Å². The molecular formula is C15H20FNO2. The Hall–Kier alpha value is -1.26. The van der Waals surface area contributed by atoms with Crippen molar-refractivity contribution in [1.82, 2.24) is 4.90 Å². The summed E-state index contributed by atoms with van der Waals surface area (Å²) in [4.78, 5) is 14.2. The molecule has 19 heavy (non-hydrogen) atoms. The molecule has 0 spiro atoms. The Balaban J connectivity index is 1.83. The molecule has 0 radical (unpaired) electrons. The van der Waals surface area contributed by atoms with Crippen LogP contribution < -0.4 is 0 Å². The number of carbonyl (C=O) groups excluding carboxylic acids is 1. The second kappa shape index (κ2) is 6.78. The van der Waals surface area contributed by atoms with Gasteiger partial charge in [0.25, 0.3) is 0 Å². The molecule has 1 N–H and O–H groups in total. The Morgan fingerprint density at radius 1 is 1.47 bits per heavy atom. The number of nitrogens with zero attached hydrogens (tertiary/aromatic N) is 1. The molecule has 1 aliphatic rings. The Labute approximate surface area is 113 Å². The molecule has 1 saturated heterocycles. The van der Waals surface area contributed by atoms with Gasteiger partial charge in [-0.05, 0) is 37.4 Å². The van der Waals surface area contributed by atoms with E-state index in [-0.39, 0.29) is 18.2 Å². The van der Waals surface area contributed by atoms with Crippen molar-refractivity contribution in [3.05, 3.63) is 35.6 Å². The minimum Gasteiger partial charge on any atom is -0.396 e. The first-order chi connectivity index (χ1) is 9.19. The average Bonchev–Trinajstić information content (AvgIpc) is 2.45. The summed E-state index contributed by atoms with van der Waals surface area (Å²) >= 11 is 0. The highest BCUT2D eigenvalue weighted by Crippen LogP contribution is 2.16. The second-order valence-electron chi connectivity index (χ2n) is 5.17. The van der Waals surface area contributed by atoms with Gasteiger partial charge in [0, 0.05) is 31.7 Å². The third-order valence-electron chi connectivity index (χ3n) is 3.66. The molecule has 1 unspecified atom stereocenters. The number of hydrogen-bond acceptors (Lipinski definition) is 3. The first-order valence-corrected chi connectivity index (χ1v) is 6.81. The lowest BCUT2D eigenvalue weighted by atomic mass is 9.98. The molecule has 1 aliphatic heterocycles. The van der Waals surface area contributed by atoms with Crippen LogP contribution in [0.4, 0.5) is 4.39 Å². The van der Waals surface area contributed by atoms with Crippen LogP contribution >= 0.6 is 0 Å². The highest BCUT2D eigenvalue weighted by atomic mass is 19.1. The fraction of sp³-hybridized carbons (Fsp3) is 0.533. The summed E-state index contributed by atoms with van der Waals surface area (Å²) in [7, 11) is 0. The molecular weight excluding hydrogens is 245 g/mol. The molecule has 1 aromatic carbocycles. The smallest absolute Gasteiger partial charge is 0.164 e. The van der Waals surface area contributed by atoms with Gasteiger partial charge in [-0.1, -0.05) is 12.1 Å². The average molecular weight is 265 g/mol. The standard InChI is InChI=1S/C15H20FNO2/c16-14-5-1-4-13(9-14)15(19)6-8-17-7-2-3-12(10-17)11-18/h1,4-5,9,12,18H,2-3,6-8,10-11H2. The zero-order valence-electron chi connectivity index (χ0n) is 11.0. The molecule has 1 atom stereocenters. The lowest BCUT2D eigenvalue weighted by Gasteiger charge is -2.31. The van der Waals surface area contributed by atoms with Crippen LogP contribution in [0.3, 0.4) is 0 Å². The predicted molar refractivity (Wildman–Crippen MR) is 71.6 cm³/mol. The fourth-order valence-electron chi connectivity index (χ4n) is 2.57. The third kappa shape index (κ3) is 4.11. The molecule has 2 rings (SSSR count). The summed E-state index contributed by atoms with van der Waals surface area (Å²) in [6.07, 6.45) is 2.53. The monoisotopic (exact) mass is 265 g/mol. The molecule has 1 heterocycles. The van der Waals surface area contributed by atoms with Crippen molar-refractivity contribution in [3.63, 3.8) is 0 Å². The van der Waals surface area contributed by atoms with Gasteiger partial charge in [0.05, 0.1) is 0 Å². The number of rotatable bonds is 5. The minimum atomic E-state index is -0.371. The number of ketones is 1. The van der Waals surface area contributed by atoms with Gasteiger partial charge in [-0.15, -0.1) is 0 Å². The van der Waals surface area contributed by atoms with Crippen LogP contribution in [0, 0.1) is 11.7 Å². The SMILES string of the molecule is O=C(CCN1CCCC(CO)C1)c1cccc(F)c1. The summed E-state index contributed by atoms with van der Waals surface area (Å²) in [5, 5.41) is 9.16. The molecule has 1 aromatic rings. The van der Waals surface area contributed by atoms with Crippen molar-refractivity contribution in [2.75, 3.05) is 26.2 Å². The number of likely N-dealkylation sites (tertiary alicyclic amines) is 1. The van der Waals surface area contributed by atoms with Crippen LogP contribution in [0.15, 0.2) is 24.3 Å². The number of carbonyl (C=O) groups is 1. The maximum absolute atomic E-state index is 13.0. The third-order valence-corrected chi connectivity index (χ3v) is 3.66. The van der Waals surface area contributed by atoms with Crippen molar-refractivity contribution in [3.8, 4) is 0 Å². The van der Waals surface area contributed by atoms with E-state index in [0.717, 1.165) is 25.9 Å². The molecule has 104 valence electrons. The predicted octanol–water partition coefficient (Wildman–Crippen LogP) is 2.10. The van der Waals surface area contributed by atoms with E-state index in [2.05, 4.69) is 4.90 Å². The van der Waals surface area contributed by atoms with Gasteiger partial charge < -0.3 is 10.0 Å². The number of halogens is 1. The number of piperidine rings is 1. The summed E-state index contributed by atoms with van der Waals surface area (Å²) in [5.74, 6) is -0.0622. The number of Topliss-reactive ketones (excluding diaryl/α,β-unsaturated/α-hetero) is 1. The molecule has 0 aliphatic carbocycles. The number of benzene rings is 1. The maximum Gasteiger partial charge on any atom is 0.164 e. The molecule has 4 heteroatoms. The van der Waals surface area contributed by atoms with Crippen LogP contribution in [0.5, 0.6) is 0 Å². The molecule has 3 nitrogen and oxygen atoms in total. The van der Waals surface area contributed by atoms with E-state index in [1.54, 1.807) is 12.1 Å². The molecule has 0 amide bonds. The number of hydrogen-bond donors (Lipinski definition) is 1. The largest absolute Gasteiger partial charge is 0.396 e. The Kier molecular flexibility index (Phi) is 5.05. The van der Waals surface area contributed by atoms with Crippen LogP contribution in [0.2, 0.25) is 0 Å². The van der Waals surface area contributed by atoms with E-state index < -0.39 is 0 Å². The van der Waals surface area contributed by atoms with Gasteiger partial charge in [0.1, 0.15) is 5.82 Å². The first-order valence-electron chi connectivity index (χ1n) is 6.81. The van der Waals surface area contributed by atoms with Crippen molar-refractivity contribution in [2.24, 2.45) is 5.92 Å².